The van der Waals surface area contributed by atoms with Crippen molar-refractivity contribution in [3.05, 3.63) is 90.5 Å². The monoisotopic (exact) mass is 402 g/mol. The number of hydrogen-bond donors (Lipinski definition) is 1. The van der Waals surface area contributed by atoms with E-state index in [0.29, 0.717) is 17.7 Å². The second kappa shape index (κ2) is 10.4. The largest absolute Gasteiger partial charge is 0.490 e. The Kier molecular flexibility index (Phi) is 7.41. The molecule has 1 N–H and O–H groups in total. The van der Waals surface area contributed by atoms with Crippen molar-refractivity contribution in [3.63, 3.8) is 0 Å². The third-order valence-corrected chi connectivity index (χ3v) is 4.70. The molecule has 0 heterocycles. The maximum atomic E-state index is 11.5. The highest BCUT2D eigenvalue weighted by atomic mass is 16.6. The summed E-state index contributed by atoms with van der Waals surface area (Å²) in [6.07, 6.45) is 0.494. The number of carbonyl (C=O) groups is 1. The third kappa shape index (κ3) is 5.58. The molecule has 0 spiro atoms. The van der Waals surface area contributed by atoms with E-state index in [4.69, 9.17) is 9.47 Å². The second-order valence-electron chi connectivity index (χ2n) is 7.00. The number of aliphatic hydroxyl groups is 1. The van der Waals surface area contributed by atoms with Gasteiger partial charge < -0.3 is 14.6 Å². The molecule has 4 heteroatoms. The Morgan fingerprint density at radius 1 is 0.867 bits per heavy atom. The number of carbonyl (C=O) groups excluding carboxylic acids is 1. The summed E-state index contributed by atoms with van der Waals surface area (Å²) in [5.74, 6) is 0.251. The van der Waals surface area contributed by atoms with Crippen LogP contribution >= 0.6 is 0 Å². The molecule has 0 bridgehead atoms. The van der Waals surface area contributed by atoms with Crippen LogP contribution in [0.4, 0.5) is 0 Å². The predicted octanol–water partition coefficient (Wildman–Crippen LogP) is 5.05. The van der Waals surface area contributed by atoms with Gasteiger partial charge in [-0.05, 0) is 47.2 Å². The SMILES string of the molecule is C=C(C)C(=O)OCCOc1cc(-c2ccc(-c3ccccc3)cc2)ccc1CCO. The van der Waals surface area contributed by atoms with Crippen LogP contribution < -0.4 is 4.74 Å². The maximum absolute atomic E-state index is 11.5. The van der Waals surface area contributed by atoms with Crippen LogP contribution in [0.5, 0.6) is 5.75 Å². The first-order valence-electron chi connectivity index (χ1n) is 9.93. The molecule has 0 amide bonds. The summed E-state index contributed by atoms with van der Waals surface area (Å²) in [5, 5.41) is 9.34. The molecule has 0 aliphatic heterocycles. The molecule has 0 aliphatic rings. The van der Waals surface area contributed by atoms with Crippen molar-refractivity contribution >= 4 is 5.97 Å². The summed E-state index contributed by atoms with van der Waals surface area (Å²) in [6.45, 7) is 5.57. The van der Waals surface area contributed by atoms with E-state index in [9.17, 15) is 9.90 Å². The lowest BCUT2D eigenvalue weighted by Crippen LogP contribution is -2.13. The van der Waals surface area contributed by atoms with Gasteiger partial charge in [-0.25, -0.2) is 4.79 Å². The van der Waals surface area contributed by atoms with E-state index in [-0.39, 0.29) is 19.8 Å². The van der Waals surface area contributed by atoms with Crippen LogP contribution in [0.1, 0.15) is 12.5 Å². The molecule has 3 aromatic carbocycles. The van der Waals surface area contributed by atoms with Crippen LogP contribution in [-0.2, 0) is 16.0 Å². The van der Waals surface area contributed by atoms with Gasteiger partial charge in [0, 0.05) is 12.2 Å². The highest BCUT2D eigenvalue weighted by Crippen LogP contribution is 2.29. The van der Waals surface area contributed by atoms with Gasteiger partial charge in [0.25, 0.3) is 0 Å². The van der Waals surface area contributed by atoms with Crippen molar-refractivity contribution in [2.75, 3.05) is 19.8 Å². The number of aliphatic hydroxyl groups excluding tert-OH is 1. The second-order valence-corrected chi connectivity index (χ2v) is 7.00. The normalized spacial score (nSPS) is 10.5. The van der Waals surface area contributed by atoms with Gasteiger partial charge in [-0.3, -0.25) is 0 Å². The Labute approximate surface area is 177 Å². The summed E-state index contributed by atoms with van der Waals surface area (Å²) in [6, 6.07) is 24.6. The van der Waals surface area contributed by atoms with Crippen molar-refractivity contribution in [2.45, 2.75) is 13.3 Å². The van der Waals surface area contributed by atoms with E-state index in [0.717, 1.165) is 22.3 Å². The first-order chi connectivity index (χ1) is 14.6. The van der Waals surface area contributed by atoms with Crippen LogP contribution in [0.15, 0.2) is 84.9 Å². The summed E-state index contributed by atoms with van der Waals surface area (Å²) in [7, 11) is 0. The Morgan fingerprint density at radius 2 is 1.47 bits per heavy atom. The Bertz CT molecular complexity index is 991. The molecule has 4 nitrogen and oxygen atoms in total. The molecule has 3 aromatic rings. The number of esters is 1. The Morgan fingerprint density at radius 3 is 2.10 bits per heavy atom. The van der Waals surface area contributed by atoms with E-state index in [1.54, 1.807) is 6.92 Å². The minimum Gasteiger partial charge on any atom is -0.490 e. The first kappa shape index (κ1) is 21.3. The van der Waals surface area contributed by atoms with E-state index in [1.807, 2.05) is 36.4 Å². The molecule has 0 aromatic heterocycles. The average molecular weight is 402 g/mol. The van der Waals surface area contributed by atoms with Crippen LogP contribution in [0.25, 0.3) is 22.3 Å². The topological polar surface area (TPSA) is 55.8 Å². The molecule has 154 valence electrons. The van der Waals surface area contributed by atoms with Gasteiger partial charge in [-0.15, -0.1) is 0 Å². The molecular weight excluding hydrogens is 376 g/mol. The molecule has 30 heavy (non-hydrogen) atoms. The molecule has 0 radical (unpaired) electrons. The van der Waals surface area contributed by atoms with Crippen molar-refractivity contribution in [1.29, 1.82) is 0 Å². The van der Waals surface area contributed by atoms with Crippen LogP contribution in [0.3, 0.4) is 0 Å². The van der Waals surface area contributed by atoms with Gasteiger partial charge in [0.05, 0.1) is 0 Å². The fraction of sp³-hybridized carbons (Fsp3) is 0.192. The summed E-state index contributed by atoms with van der Waals surface area (Å²) >= 11 is 0. The predicted molar refractivity (Wildman–Crippen MR) is 119 cm³/mol. The highest BCUT2D eigenvalue weighted by molar-refractivity contribution is 5.86. The number of ether oxygens (including phenoxy) is 2. The van der Waals surface area contributed by atoms with Crippen LogP contribution in [-0.4, -0.2) is 30.9 Å². The van der Waals surface area contributed by atoms with E-state index < -0.39 is 5.97 Å². The quantitative estimate of drug-likeness (QED) is 0.309. The van der Waals surface area contributed by atoms with Crippen molar-refractivity contribution in [2.24, 2.45) is 0 Å². The highest BCUT2D eigenvalue weighted by Gasteiger charge is 2.09. The molecule has 0 saturated carbocycles. The number of hydrogen-bond acceptors (Lipinski definition) is 4. The molecule has 0 saturated heterocycles. The minimum atomic E-state index is -0.429. The van der Waals surface area contributed by atoms with E-state index >= 15 is 0 Å². The molecule has 0 fully saturated rings. The molecule has 0 aliphatic carbocycles. The molecule has 0 unspecified atom stereocenters. The molecule has 0 atom stereocenters. The fourth-order valence-electron chi connectivity index (χ4n) is 3.09. The van der Waals surface area contributed by atoms with Gasteiger partial charge in [0.2, 0.25) is 0 Å². The zero-order chi connectivity index (χ0) is 21.3. The average Bonchev–Trinajstić information content (AvgIpc) is 2.78. The minimum absolute atomic E-state index is 0.0339. The lowest BCUT2D eigenvalue weighted by Gasteiger charge is -2.14. The van der Waals surface area contributed by atoms with Gasteiger partial charge in [-0.2, -0.15) is 0 Å². The van der Waals surface area contributed by atoms with E-state index in [2.05, 4.69) is 43.0 Å². The first-order valence-corrected chi connectivity index (χ1v) is 9.93. The van der Waals surface area contributed by atoms with Crippen molar-refractivity contribution < 1.29 is 19.4 Å². The summed E-state index contributed by atoms with van der Waals surface area (Å²) in [4.78, 5) is 11.5. The van der Waals surface area contributed by atoms with Crippen molar-refractivity contribution in [3.8, 4) is 28.0 Å². The van der Waals surface area contributed by atoms with Crippen molar-refractivity contribution in [1.82, 2.24) is 0 Å². The van der Waals surface area contributed by atoms with Gasteiger partial charge in [-0.1, -0.05) is 73.3 Å². The zero-order valence-electron chi connectivity index (χ0n) is 17.1. The smallest absolute Gasteiger partial charge is 0.333 e. The number of benzene rings is 3. The van der Waals surface area contributed by atoms with Gasteiger partial charge >= 0.3 is 5.97 Å². The van der Waals surface area contributed by atoms with Crippen LogP contribution in [0, 0.1) is 0 Å². The summed E-state index contributed by atoms with van der Waals surface area (Å²) in [5.41, 5.74) is 5.70. The standard InChI is InChI=1S/C26H26O4/c1-19(2)26(28)30-17-16-29-25-18-24(13-12-23(25)14-15-27)22-10-8-21(9-11-22)20-6-4-3-5-7-20/h3-13,18,27H,1,14-17H2,2H3. The van der Waals surface area contributed by atoms with Crippen LogP contribution in [0.2, 0.25) is 0 Å². The third-order valence-electron chi connectivity index (χ3n) is 4.70. The van der Waals surface area contributed by atoms with E-state index in [1.165, 1.54) is 5.56 Å². The lowest BCUT2D eigenvalue weighted by atomic mass is 9.98. The summed E-state index contributed by atoms with van der Waals surface area (Å²) < 4.78 is 10.9. The van der Waals surface area contributed by atoms with Gasteiger partial charge in [0.15, 0.2) is 0 Å². The Hall–Kier alpha value is -3.37. The number of rotatable bonds is 9. The lowest BCUT2D eigenvalue weighted by molar-refractivity contribution is -0.139. The fourth-order valence-corrected chi connectivity index (χ4v) is 3.09. The molecular formula is C26H26O4. The zero-order valence-corrected chi connectivity index (χ0v) is 17.1. The maximum Gasteiger partial charge on any atom is 0.333 e. The Balaban J connectivity index is 1.74. The van der Waals surface area contributed by atoms with Gasteiger partial charge in [0.1, 0.15) is 19.0 Å². The molecule has 3 rings (SSSR count).